The topological polar surface area (TPSA) is 105 Å². The van der Waals surface area contributed by atoms with Crippen molar-refractivity contribution in [1.82, 2.24) is 4.57 Å². The van der Waals surface area contributed by atoms with Crippen LogP contribution >= 0.6 is 0 Å². The van der Waals surface area contributed by atoms with E-state index in [0.29, 0.717) is 28.3 Å². The Labute approximate surface area is 159 Å². The van der Waals surface area contributed by atoms with Crippen LogP contribution in [0.25, 0.3) is 11.3 Å². The van der Waals surface area contributed by atoms with Crippen LogP contribution in [-0.2, 0) is 11.8 Å². The number of nitrogens with zero attached hydrogens (tertiary/aromatic N) is 2. The molecule has 2 aromatic heterocycles. The number of esters is 1. The third-order valence-electron chi connectivity index (χ3n) is 4.95. The van der Waals surface area contributed by atoms with Gasteiger partial charge >= 0.3 is 5.97 Å². The van der Waals surface area contributed by atoms with E-state index in [1.807, 2.05) is 0 Å². The van der Waals surface area contributed by atoms with Gasteiger partial charge in [0, 0.05) is 24.9 Å². The van der Waals surface area contributed by atoms with Crippen molar-refractivity contribution in [2.24, 2.45) is 7.05 Å². The molecule has 0 bridgehead atoms. The molecule has 1 aliphatic rings. The number of carbonyl (C=O) groups excluding carboxylic acids is 1. The lowest BCUT2D eigenvalue weighted by molar-refractivity contribution is -0.384. The molecule has 4 rings (SSSR count). The number of aromatic nitrogens is 1. The van der Waals surface area contributed by atoms with E-state index in [2.05, 4.69) is 0 Å². The minimum Gasteiger partial charge on any atom is -0.460 e. The van der Waals surface area contributed by atoms with Crippen LogP contribution in [-0.4, -0.2) is 15.5 Å². The number of furan rings is 1. The van der Waals surface area contributed by atoms with Gasteiger partial charge in [-0.1, -0.05) is 12.1 Å². The molecular weight excluding hydrogens is 364 g/mol. The Morgan fingerprint density at radius 2 is 1.93 bits per heavy atom. The molecule has 1 aliphatic heterocycles. The van der Waals surface area contributed by atoms with Gasteiger partial charge in [0.05, 0.1) is 28.4 Å². The van der Waals surface area contributed by atoms with Crippen molar-refractivity contribution >= 4 is 11.7 Å². The van der Waals surface area contributed by atoms with Gasteiger partial charge in [-0.15, -0.1) is 0 Å². The molecule has 0 radical (unpaired) electrons. The molecule has 0 saturated carbocycles. The predicted molar refractivity (Wildman–Crippen MR) is 99.3 cm³/mol. The third kappa shape index (κ3) is 2.79. The summed E-state index contributed by atoms with van der Waals surface area (Å²) in [6.45, 7) is 1.75. The van der Waals surface area contributed by atoms with Crippen molar-refractivity contribution in [1.29, 1.82) is 0 Å². The maximum atomic E-state index is 12.8. The average molecular weight is 380 g/mol. The van der Waals surface area contributed by atoms with E-state index in [1.165, 1.54) is 10.6 Å². The van der Waals surface area contributed by atoms with Gasteiger partial charge in [-0.3, -0.25) is 19.7 Å². The van der Waals surface area contributed by atoms with E-state index in [9.17, 15) is 19.7 Å². The predicted octanol–water partition coefficient (Wildman–Crippen LogP) is 3.30. The first-order valence-corrected chi connectivity index (χ1v) is 8.61. The van der Waals surface area contributed by atoms with Crippen LogP contribution in [0.3, 0.4) is 0 Å². The average Bonchev–Trinajstić information content (AvgIpc) is 3.15. The molecule has 8 heteroatoms. The molecule has 0 amide bonds. The Hall–Kier alpha value is -3.68. The molecule has 0 saturated heterocycles. The van der Waals surface area contributed by atoms with E-state index in [0.717, 1.165) is 0 Å². The summed E-state index contributed by atoms with van der Waals surface area (Å²) in [5, 5.41) is 11.3. The van der Waals surface area contributed by atoms with Gasteiger partial charge < -0.3 is 13.7 Å². The molecule has 1 atom stereocenters. The Bertz CT molecular complexity index is 1170. The fourth-order valence-electron chi connectivity index (χ4n) is 3.42. The molecular formula is C20H16N2O6. The number of rotatable bonds is 3. The highest BCUT2D eigenvalue weighted by atomic mass is 16.6. The highest BCUT2D eigenvalue weighted by Crippen LogP contribution is 2.40. The standard InChI is InChI=1S/C20H16N2O6/c1-11-9-17-19(20(24)21(11)2)13(10-18(23)28-17)16-8-7-15(27-16)12-5-3-4-6-14(12)22(25)26/h3-9,13H,10H2,1-2H3. The smallest absolute Gasteiger partial charge is 0.312 e. The number of aryl methyl sites for hydroxylation is 1. The molecule has 28 heavy (non-hydrogen) atoms. The first-order chi connectivity index (χ1) is 13.4. The number of benzene rings is 1. The van der Waals surface area contributed by atoms with Gasteiger partial charge in [-0.25, -0.2) is 0 Å². The van der Waals surface area contributed by atoms with Gasteiger partial charge in [0.2, 0.25) is 0 Å². The number of ether oxygens (including phenoxy) is 1. The van der Waals surface area contributed by atoms with Crippen LogP contribution < -0.4 is 10.3 Å². The third-order valence-corrected chi connectivity index (χ3v) is 4.95. The number of pyridine rings is 1. The molecule has 1 aromatic carbocycles. The van der Waals surface area contributed by atoms with Crippen molar-refractivity contribution in [2.75, 3.05) is 0 Å². The van der Waals surface area contributed by atoms with E-state index < -0.39 is 16.8 Å². The van der Waals surface area contributed by atoms with Crippen LogP contribution in [0.1, 0.15) is 29.4 Å². The number of hydrogen-bond acceptors (Lipinski definition) is 6. The molecule has 8 nitrogen and oxygen atoms in total. The van der Waals surface area contributed by atoms with Crippen LogP contribution in [0.15, 0.2) is 51.7 Å². The lowest BCUT2D eigenvalue weighted by Crippen LogP contribution is -2.31. The minimum absolute atomic E-state index is 0.0465. The van der Waals surface area contributed by atoms with Gasteiger partial charge in [-0.05, 0) is 25.1 Å². The van der Waals surface area contributed by atoms with E-state index in [-0.39, 0.29) is 23.4 Å². The lowest BCUT2D eigenvalue weighted by Gasteiger charge is -2.23. The van der Waals surface area contributed by atoms with Crippen molar-refractivity contribution < 1.29 is 18.9 Å². The number of carbonyl (C=O) groups is 1. The van der Waals surface area contributed by atoms with Crippen molar-refractivity contribution in [3.8, 4) is 17.1 Å². The fraction of sp³-hybridized carbons (Fsp3) is 0.200. The summed E-state index contributed by atoms with van der Waals surface area (Å²) in [6, 6.07) is 11.1. The minimum atomic E-state index is -0.618. The van der Waals surface area contributed by atoms with Crippen LogP contribution in [0, 0.1) is 17.0 Å². The van der Waals surface area contributed by atoms with Gasteiger partial charge in [0.1, 0.15) is 17.3 Å². The molecule has 0 aliphatic carbocycles. The normalized spacial score (nSPS) is 15.8. The number of para-hydroxylation sites is 1. The first kappa shape index (κ1) is 17.7. The molecule has 142 valence electrons. The number of nitro benzene ring substituents is 1. The van der Waals surface area contributed by atoms with Crippen LogP contribution in [0.2, 0.25) is 0 Å². The molecule has 0 spiro atoms. The van der Waals surface area contributed by atoms with E-state index in [1.54, 1.807) is 50.4 Å². The number of hydrogen-bond donors (Lipinski definition) is 0. The summed E-state index contributed by atoms with van der Waals surface area (Å²) >= 11 is 0. The molecule has 3 aromatic rings. The zero-order valence-corrected chi connectivity index (χ0v) is 15.2. The summed E-state index contributed by atoms with van der Waals surface area (Å²) in [5.74, 6) is -0.176. The molecule has 0 N–H and O–H groups in total. The van der Waals surface area contributed by atoms with Gasteiger partial charge in [0.25, 0.3) is 11.2 Å². The summed E-state index contributed by atoms with van der Waals surface area (Å²) in [5.41, 5.74) is 0.983. The number of nitro groups is 1. The second kappa shape index (κ2) is 6.49. The maximum absolute atomic E-state index is 12.8. The van der Waals surface area contributed by atoms with Crippen molar-refractivity contribution in [2.45, 2.75) is 19.3 Å². The maximum Gasteiger partial charge on any atom is 0.312 e. The van der Waals surface area contributed by atoms with Gasteiger partial charge in [0.15, 0.2) is 0 Å². The largest absolute Gasteiger partial charge is 0.460 e. The van der Waals surface area contributed by atoms with Crippen molar-refractivity contribution in [3.63, 3.8) is 0 Å². The summed E-state index contributed by atoms with van der Waals surface area (Å²) in [6.07, 6.45) is -0.0465. The molecule has 0 fully saturated rings. The molecule has 1 unspecified atom stereocenters. The quantitative estimate of drug-likeness (QED) is 0.392. The Morgan fingerprint density at radius 1 is 1.18 bits per heavy atom. The second-order valence-corrected chi connectivity index (χ2v) is 6.63. The van der Waals surface area contributed by atoms with Crippen LogP contribution in [0.4, 0.5) is 5.69 Å². The Balaban J connectivity index is 1.83. The SMILES string of the molecule is Cc1cc2c(c(=O)n1C)C(c1ccc(-c3ccccc3[N+](=O)[O-])o1)CC(=O)O2. The van der Waals surface area contributed by atoms with E-state index in [4.69, 9.17) is 9.15 Å². The second-order valence-electron chi connectivity index (χ2n) is 6.63. The highest BCUT2D eigenvalue weighted by Gasteiger charge is 2.34. The Morgan fingerprint density at radius 3 is 2.68 bits per heavy atom. The zero-order chi connectivity index (χ0) is 20.0. The highest BCUT2D eigenvalue weighted by molar-refractivity contribution is 5.77. The van der Waals surface area contributed by atoms with Crippen LogP contribution in [0.5, 0.6) is 5.75 Å². The van der Waals surface area contributed by atoms with Gasteiger partial charge in [-0.2, -0.15) is 0 Å². The van der Waals surface area contributed by atoms with E-state index >= 15 is 0 Å². The molecule has 3 heterocycles. The number of fused-ring (bicyclic) bond motifs is 1. The fourth-order valence-corrected chi connectivity index (χ4v) is 3.42. The lowest BCUT2D eigenvalue weighted by atomic mass is 9.91. The monoisotopic (exact) mass is 380 g/mol. The summed E-state index contributed by atoms with van der Waals surface area (Å²) < 4.78 is 12.6. The summed E-state index contributed by atoms with van der Waals surface area (Å²) in [7, 11) is 1.65. The zero-order valence-electron chi connectivity index (χ0n) is 15.2. The first-order valence-electron chi connectivity index (χ1n) is 8.61. The van der Waals surface area contributed by atoms with Crippen molar-refractivity contribution in [3.05, 3.63) is 80.0 Å². The summed E-state index contributed by atoms with van der Waals surface area (Å²) in [4.78, 5) is 35.7. The Kier molecular flexibility index (Phi) is 4.11.